The number of aromatic nitrogens is 2. The van der Waals surface area contributed by atoms with Gasteiger partial charge >= 0.3 is 0 Å². The topological polar surface area (TPSA) is 61.0 Å². The molecule has 0 saturated heterocycles. The van der Waals surface area contributed by atoms with E-state index in [-0.39, 0.29) is 0 Å². The van der Waals surface area contributed by atoms with Crippen molar-refractivity contribution in [2.45, 2.75) is 24.0 Å². The molecule has 4 nitrogen and oxygen atoms in total. The van der Waals surface area contributed by atoms with Crippen LogP contribution in [0.4, 0.5) is 0 Å². The van der Waals surface area contributed by atoms with Gasteiger partial charge < -0.3 is 4.74 Å². The Morgan fingerprint density at radius 3 is 3.08 bits per heavy atom. The highest BCUT2D eigenvalue weighted by Gasteiger charge is 2.23. The molecule has 64 valence electrons. The molecule has 1 aromatic rings. The molecule has 0 spiro atoms. The van der Waals surface area contributed by atoms with Crippen LogP contribution in [-0.2, 0) is 0 Å². The van der Waals surface area contributed by atoms with Crippen LogP contribution in [0.3, 0.4) is 0 Å². The highest BCUT2D eigenvalue weighted by atomic mass is 32.2. The molecule has 0 bridgehead atoms. The van der Waals surface area contributed by atoms with E-state index in [9.17, 15) is 0 Å². The Balaban J connectivity index is 2.08. The number of ether oxygens (including phenoxy) is 1. The summed E-state index contributed by atoms with van der Waals surface area (Å²) >= 11 is 1.08. The molecule has 2 rings (SSSR count). The third kappa shape index (κ3) is 1.86. The molecule has 1 heterocycles. The second-order valence-electron chi connectivity index (χ2n) is 2.66. The van der Waals surface area contributed by atoms with Gasteiger partial charge in [-0.15, -0.1) is 5.10 Å². The smallest absolute Gasteiger partial charge is 0.142 e. The molecule has 0 unspecified atom stereocenters. The number of nitrogens with zero attached hydrogens (tertiary/aromatic N) is 2. The molecule has 1 aliphatic rings. The highest BCUT2D eigenvalue weighted by molar-refractivity contribution is 7.97. The van der Waals surface area contributed by atoms with Gasteiger partial charge in [-0.1, -0.05) is 0 Å². The molecule has 1 aliphatic carbocycles. The van der Waals surface area contributed by atoms with Gasteiger partial charge in [0.1, 0.15) is 10.8 Å². The maximum Gasteiger partial charge on any atom is 0.142 e. The Kier molecular flexibility index (Phi) is 2.14. The zero-order valence-corrected chi connectivity index (χ0v) is 7.25. The van der Waals surface area contributed by atoms with Crippen molar-refractivity contribution in [2.75, 3.05) is 0 Å². The Hall–Kier alpha value is -0.810. The lowest BCUT2D eigenvalue weighted by atomic mass is 10.5. The van der Waals surface area contributed by atoms with Gasteiger partial charge in [-0.2, -0.15) is 5.10 Å². The molecule has 5 heteroatoms. The summed E-state index contributed by atoms with van der Waals surface area (Å²) in [5.74, 6) is 0.764. The fraction of sp³-hybridized carbons (Fsp3) is 0.429. The number of rotatable bonds is 3. The van der Waals surface area contributed by atoms with Crippen LogP contribution in [0.2, 0.25) is 0 Å². The fourth-order valence-corrected chi connectivity index (χ4v) is 1.11. The molecule has 0 aliphatic heterocycles. The molecule has 0 aromatic carbocycles. The zero-order valence-electron chi connectivity index (χ0n) is 6.43. The summed E-state index contributed by atoms with van der Waals surface area (Å²) in [7, 11) is 0. The normalized spacial score (nSPS) is 16.1. The van der Waals surface area contributed by atoms with Crippen molar-refractivity contribution in [3.05, 3.63) is 12.3 Å². The molecule has 2 N–H and O–H groups in total. The van der Waals surface area contributed by atoms with E-state index in [2.05, 4.69) is 10.2 Å². The van der Waals surface area contributed by atoms with E-state index in [1.807, 2.05) is 0 Å². The minimum Gasteiger partial charge on any atom is -0.489 e. The molecule has 1 fully saturated rings. The minimum absolute atomic E-state index is 0.393. The monoisotopic (exact) mass is 183 g/mol. The third-order valence-electron chi connectivity index (χ3n) is 1.55. The summed E-state index contributed by atoms with van der Waals surface area (Å²) < 4.78 is 5.50. The molecular formula is C7H9N3OS. The quantitative estimate of drug-likeness (QED) is 0.708. The largest absolute Gasteiger partial charge is 0.489 e. The Labute approximate surface area is 74.6 Å². The van der Waals surface area contributed by atoms with Gasteiger partial charge in [0.05, 0.1) is 12.3 Å². The molecule has 1 saturated carbocycles. The zero-order chi connectivity index (χ0) is 8.39. The number of hydrogen-bond acceptors (Lipinski definition) is 5. The second kappa shape index (κ2) is 3.28. The Bertz CT molecular complexity index is 277. The summed E-state index contributed by atoms with van der Waals surface area (Å²) in [4.78, 5) is 0. The van der Waals surface area contributed by atoms with Crippen LogP contribution in [0.25, 0.3) is 0 Å². The lowest BCUT2D eigenvalue weighted by Crippen LogP contribution is -1.98. The van der Waals surface area contributed by atoms with Gasteiger partial charge in [-0.05, 0) is 24.8 Å². The van der Waals surface area contributed by atoms with E-state index in [0.29, 0.717) is 11.1 Å². The summed E-state index contributed by atoms with van der Waals surface area (Å²) in [5, 5.41) is 13.6. The standard InChI is InChI=1S/C7H9N3OS/c8-12-7-3-6(4-9-10-7)11-5-1-2-5/h3-5H,1-2,8H2. The Morgan fingerprint density at radius 1 is 1.58 bits per heavy atom. The van der Waals surface area contributed by atoms with E-state index >= 15 is 0 Å². The van der Waals surface area contributed by atoms with Crippen LogP contribution in [-0.4, -0.2) is 16.3 Å². The second-order valence-corrected chi connectivity index (χ2v) is 3.32. The first kappa shape index (κ1) is 7.82. The van der Waals surface area contributed by atoms with Crippen molar-refractivity contribution >= 4 is 11.9 Å². The van der Waals surface area contributed by atoms with Crippen LogP contribution in [0.15, 0.2) is 17.3 Å². The van der Waals surface area contributed by atoms with Crippen LogP contribution in [0, 0.1) is 0 Å². The maximum absolute atomic E-state index is 5.50. The van der Waals surface area contributed by atoms with E-state index in [4.69, 9.17) is 9.88 Å². The molecular weight excluding hydrogens is 174 g/mol. The maximum atomic E-state index is 5.50. The van der Waals surface area contributed by atoms with Crippen molar-refractivity contribution in [3.63, 3.8) is 0 Å². The summed E-state index contributed by atoms with van der Waals surface area (Å²) in [6.45, 7) is 0. The van der Waals surface area contributed by atoms with Crippen molar-refractivity contribution in [1.82, 2.24) is 10.2 Å². The minimum atomic E-state index is 0.393. The lowest BCUT2D eigenvalue weighted by Gasteiger charge is -2.02. The number of nitrogens with two attached hydrogens (primary N) is 1. The van der Waals surface area contributed by atoms with Crippen LogP contribution >= 0.6 is 11.9 Å². The van der Waals surface area contributed by atoms with E-state index in [0.717, 1.165) is 30.5 Å². The van der Waals surface area contributed by atoms with E-state index < -0.39 is 0 Å². The molecule has 12 heavy (non-hydrogen) atoms. The SMILES string of the molecule is NSc1cc(OC2CC2)cnn1. The van der Waals surface area contributed by atoms with Gasteiger partial charge in [-0.25, -0.2) is 0 Å². The molecule has 0 atom stereocenters. The Morgan fingerprint density at radius 2 is 2.42 bits per heavy atom. The van der Waals surface area contributed by atoms with Gasteiger partial charge in [0, 0.05) is 6.07 Å². The van der Waals surface area contributed by atoms with Gasteiger partial charge in [0.15, 0.2) is 0 Å². The molecule has 0 amide bonds. The highest BCUT2D eigenvalue weighted by Crippen LogP contribution is 2.26. The van der Waals surface area contributed by atoms with Crippen LogP contribution < -0.4 is 9.88 Å². The van der Waals surface area contributed by atoms with E-state index in [1.54, 1.807) is 12.3 Å². The van der Waals surface area contributed by atoms with Gasteiger partial charge in [-0.3, -0.25) is 5.14 Å². The summed E-state index contributed by atoms with van der Waals surface area (Å²) in [6.07, 6.45) is 4.30. The van der Waals surface area contributed by atoms with Crippen molar-refractivity contribution in [2.24, 2.45) is 5.14 Å². The first-order valence-corrected chi connectivity index (χ1v) is 4.62. The van der Waals surface area contributed by atoms with E-state index in [1.165, 1.54) is 0 Å². The van der Waals surface area contributed by atoms with Gasteiger partial charge in [0.2, 0.25) is 0 Å². The lowest BCUT2D eigenvalue weighted by molar-refractivity contribution is 0.300. The van der Waals surface area contributed by atoms with Crippen LogP contribution in [0.1, 0.15) is 12.8 Å². The van der Waals surface area contributed by atoms with Crippen LogP contribution in [0.5, 0.6) is 5.75 Å². The first-order valence-electron chi connectivity index (χ1n) is 3.74. The predicted molar refractivity (Wildman–Crippen MR) is 45.7 cm³/mol. The average molecular weight is 183 g/mol. The van der Waals surface area contributed by atoms with Crippen molar-refractivity contribution in [3.8, 4) is 5.75 Å². The summed E-state index contributed by atoms with van der Waals surface area (Å²) in [5.41, 5.74) is 0. The average Bonchev–Trinajstić information content (AvgIpc) is 2.89. The molecule has 0 radical (unpaired) electrons. The summed E-state index contributed by atoms with van der Waals surface area (Å²) in [6, 6.07) is 1.80. The van der Waals surface area contributed by atoms with Gasteiger partial charge in [0.25, 0.3) is 0 Å². The third-order valence-corrected chi connectivity index (χ3v) is 2.00. The molecule has 1 aromatic heterocycles. The first-order chi connectivity index (χ1) is 5.88. The fourth-order valence-electron chi connectivity index (χ4n) is 0.831. The van der Waals surface area contributed by atoms with Crippen molar-refractivity contribution < 1.29 is 4.74 Å². The number of hydrogen-bond donors (Lipinski definition) is 1. The predicted octanol–water partition coefficient (Wildman–Crippen LogP) is 0.984. The van der Waals surface area contributed by atoms with Crippen molar-refractivity contribution in [1.29, 1.82) is 0 Å².